The summed E-state index contributed by atoms with van der Waals surface area (Å²) in [5, 5.41) is 3.98. The summed E-state index contributed by atoms with van der Waals surface area (Å²) in [6.07, 6.45) is 0. The lowest BCUT2D eigenvalue weighted by Gasteiger charge is -2.15. The number of nitrogens with zero attached hydrogens (tertiary/aromatic N) is 3. The first-order valence-corrected chi connectivity index (χ1v) is 9.09. The van der Waals surface area contributed by atoms with Crippen molar-refractivity contribution in [2.24, 2.45) is 0 Å². The van der Waals surface area contributed by atoms with Crippen LogP contribution in [-0.2, 0) is 19.7 Å². The maximum Gasteiger partial charge on any atom is 0.240 e. The third-order valence-electron chi connectivity index (χ3n) is 4.24. The fourth-order valence-corrected chi connectivity index (χ4v) is 2.81. The first-order chi connectivity index (χ1) is 14.1. The molecule has 3 aromatic rings. The maximum absolute atomic E-state index is 5.67. The van der Waals surface area contributed by atoms with Gasteiger partial charge in [-0.05, 0) is 49.0 Å². The van der Waals surface area contributed by atoms with Crippen LogP contribution in [0.3, 0.4) is 0 Å². The highest BCUT2D eigenvalue weighted by atomic mass is 16.5. The Hall–Kier alpha value is -3.26. The van der Waals surface area contributed by atoms with E-state index in [1.54, 1.807) is 21.3 Å². The van der Waals surface area contributed by atoms with Crippen LogP contribution < -0.4 is 18.9 Å². The van der Waals surface area contributed by atoms with Gasteiger partial charge in [-0.2, -0.15) is 4.98 Å². The SMILES string of the molecule is COc1ccc(OCc2noc(CN(C)Cc3ccc(OC)c(OC)c3)n2)cc1. The zero-order valence-electron chi connectivity index (χ0n) is 17.0. The molecule has 8 heteroatoms. The normalized spacial score (nSPS) is 10.8. The van der Waals surface area contributed by atoms with Gasteiger partial charge in [-0.1, -0.05) is 11.2 Å². The standard InChI is InChI=1S/C21H25N3O5/c1-24(12-15-5-10-18(26-3)19(11-15)27-4)13-21-22-20(23-29-21)14-28-17-8-6-16(25-2)7-9-17/h5-11H,12-14H2,1-4H3. The summed E-state index contributed by atoms with van der Waals surface area (Å²) < 4.78 is 26.8. The summed E-state index contributed by atoms with van der Waals surface area (Å²) in [5.41, 5.74) is 1.09. The zero-order valence-corrected chi connectivity index (χ0v) is 17.0. The van der Waals surface area contributed by atoms with Crippen molar-refractivity contribution in [3.63, 3.8) is 0 Å². The highest BCUT2D eigenvalue weighted by Crippen LogP contribution is 2.28. The van der Waals surface area contributed by atoms with Gasteiger partial charge in [0.2, 0.25) is 11.7 Å². The predicted molar refractivity (Wildman–Crippen MR) is 106 cm³/mol. The van der Waals surface area contributed by atoms with Crippen molar-refractivity contribution in [2.75, 3.05) is 28.4 Å². The topological polar surface area (TPSA) is 79.1 Å². The molecule has 0 spiro atoms. The van der Waals surface area contributed by atoms with Gasteiger partial charge in [0.1, 0.15) is 11.5 Å². The van der Waals surface area contributed by atoms with Crippen molar-refractivity contribution in [1.29, 1.82) is 0 Å². The molecule has 0 aliphatic heterocycles. The van der Waals surface area contributed by atoms with Crippen LogP contribution in [0.25, 0.3) is 0 Å². The minimum absolute atomic E-state index is 0.231. The quantitative estimate of drug-likeness (QED) is 0.514. The number of rotatable bonds is 10. The molecule has 0 fully saturated rings. The van der Waals surface area contributed by atoms with E-state index >= 15 is 0 Å². The number of hydrogen-bond acceptors (Lipinski definition) is 8. The Bertz CT molecular complexity index is 911. The van der Waals surface area contributed by atoms with Gasteiger partial charge in [0.25, 0.3) is 0 Å². The van der Waals surface area contributed by atoms with Crippen molar-refractivity contribution in [3.8, 4) is 23.0 Å². The molecule has 0 atom stereocenters. The molecule has 8 nitrogen and oxygen atoms in total. The molecule has 29 heavy (non-hydrogen) atoms. The first-order valence-electron chi connectivity index (χ1n) is 9.09. The van der Waals surface area contributed by atoms with Gasteiger partial charge in [-0.25, -0.2) is 0 Å². The second-order valence-electron chi connectivity index (χ2n) is 6.43. The average molecular weight is 399 g/mol. The molecule has 1 aromatic heterocycles. The van der Waals surface area contributed by atoms with Crippen LogP contribution in [0, 0.1) is 0 Å². The Morgan fingerprint density at radius 3 is 2.28 bits per heavy atom. The molecule has 0 N–H and O–H groups in total. The van der Waals surface area contributed by atoms with E-state index in [4.69, 9.17) is 23.5 Å². The average Bonchev–Trinajstić information content (AvgIpc) is 3.19. The van der Waals surface area contributed by atoms with E-state index in [1.807, 2.05) is 49.5 Å². The summed E-state index contributed by atoms with van der Waals surface area (Å²) in [4.78, 5) is 6.46. The minimum Gasteiger partial charge on any atom is -0.497 e. The molecule has 0 radical (unpaired) electrons. The predicted octanol–water partition coefficient (Wildman–Crippen LogP) is 3.31. The van der Waals surface area contributed by atoms with Crippen LogP contribution in [0.5, 0.6) is 23.0 Å². The Kier molecular flexibility index (Phi) is 6.91. The number of methoxy groups -OCH3 is 3. The summed E-state index contributed by atoms with van der Waals surface area (Å²) in [6, 6.07) is 13.2. The first kappa shape index (κ1) is 20.5. The number of aromatic nitrogens is 2. The summed E-state index contributed by atoms with van der Waals surface area (Å²) in [5.74, 6) is 3.92. The van der Waals surface area contributed by atoms with E-state index < -0.39 is 0 Å². The fourth-order valence-electron chi connectivity index (χ4n) is 2.81. The highest BCUT2D eigenvalue weighted by Gasteiger charge is 2.12. The third-order valence-corrected chi connectivity index (χ3v) is 4.24. The lowest BCUT2D eigenvalue weighted by molar-refractivity contribution is 0.256. The second kappa shape index (κ2) is 9.79. The van der Waals surface area contributed by atoms with Crippen molar-refractivity contribution >= 4 is 0 Å². The van der Waals surface area contributed by atoms with Crippen molar-refractivity contribution < 1.29 is 23.5 Å². The van der Waals surface area contributed by atoms with E-state index in [9.17, 15) is 0 Å². The minimum atomic E-state index is 0.231. The Morgan fingerprint density at radius 1 is 0.862 bits per heavy atom. The molecule has 154 valence electrons. The Balaban J connectivity index is 1.52. The molecule has 0 unspecified atom stereocenters. The molecule has 1 heterocycles. The molecule has 2 aromatic carbocycles. The lowest BCUT2D eigenvalue weighted by Crippen LogP contribution is -2.17. The molecule has 3 rings (SSSR count). The van der Waals surface area contributed by atoms with E-state index in [0.717, 1.165) is 11.3 Å². The van der Waals surface area contributed by atoms with Crippen molar-refractivity contribution in [1.82, 2.24) is 15.0 Å². The van der Waals surface area contributed by atoms with E-state index in [-0.39, 0.29) is 6.61 Å². The van der Waals surface area contributed by atoms with Gasteiger partial charge < -0.3 is 23.5 Å². The number of ether oxygens (including phenoxy) is 4. The van der Waals surface area contributed by atoms with Gasteiger partial charge in [-0.3, -0.25) is 4.90 Å². The molecule has 0 aliphatic carbocycles. The highest BCUT2D eigenvalue weighted by molar-refractivity contribution is 5.42. The Morgan fingerprint density at radius 2 is 1.59 bits per heavy atom. The molecule has 0 saturated heterocycles. The largest absolute Gasteiger partial charge is 0.497 e. The fraction of sp³-hybridized carbons (Fsp3) is 0.333. The Labute approximate surface area is 169 Å². The zero-order chi connectivity index (χ0) is 20.6. The van der Waals surface area contributed by atoms with Crippen LogP contribution >= 0.6 is 0 Å². The van der Waals surface area contributed by atoms with Gasteiger partial charge in [-0.15, -0.1) is 0 Å². The monoisotopic (exact) mass is 399 g/mol. The van der Waals surface area contributed by atoms with E-state index in [0.29, 0.717) is 42.1 Å². The van der Waals surface area contributed by atoms with Crippen LogP contribution in [0.2, 0.25) is 0 Å². The van der Waals surface area contributed by atoms with Crippen LogP contribution in [-0.4, -0.2) is 43.4 Å². The van der Waals surface area contributed by atoms with E-state index in [2.05, 4.69) is 15.0 Å². The van der Waals surface area contributed by atoms with Crippen LogP contribution in [0.15, 0.2) is 47.0 Å². The van der Waals surface area contributed by atoms with Crippen molar-refractivity contribution in [2.45, 2.75) is 19.7 Å². The molecular formula is C21H25N3O5. The molecule has 0 aliphatic rings. The number of hydrogen-bond donors (Lipinski definition) is 0. The summed E-state index contributed by atoms with van der Waals surface area (Å²) in [7, 11) is 6.85. The van der Waals surface area contributed by atoms with E-state index in [1.165, 1.54) is 0 Å². The molecule has 0 amide bonds. The third kappa shape index (κ3) is 5.61. The van der Waals surface area contributed by atoms with Crippen LogP contribution in [0.4, 0.5) is 0 Å². The lowest BCUT2D eigenvalue weighted by atomic mass is 10.2. The maximum atomic E-state index is 5.67. The van der Waals surface area contributed by atoms with Gasteiger partial charge in [0, 0.05) is 6.54 Å². The number of benzene rings is 2. The molecular weight excluding hydrogens is 374 g/mol. The summed E-state index contributed by atoms with van der Waals surface area (Å²) in [6.45, 7) is 1.44. The van der Waals surface area contributed by atoms with Gasteiger partial charge in [0.15, 0.2) is 18.1 Å². The molecule has 0 saturated carbocycles. The van der Waals surface area contributed by atoms with Crippen molar-refractivity contribution in [3.05, 3.63) is 59.7 Å². The van der Waals surface area contributed by atoms with Gasteiger partial charge >= 0.3 is 0 Å². The second-order valence-corrected chi connectivity index (χ2v) is 6.43. The smallest absolute Gasteiger partial charge is 0.240 e. The van der Waals surface area contributed by atoms with Crippen LogP contribution in [0.1, 0.15) is 17.3 Å². The summed E-state index contributed by atoms with van der Waals surface area (Å²) >= 11 is 0. The molecule has 0 bridgehead atoms. The van der Waals surface area contributed by atoms with Gasteiger partial charge in [0.05, 0.1) is 27.9 Å².